The van der Waals surface area contributed by atoms with Gasteiger partial charge in [0.15, 0.2) is 12.2 Å². The highest BCUT2D eigenvalue weighted by Crippen LogP contribution is 2.45. The summed E-state index contributed by atoms with van der Waals surface area (Å²) in [6.45, 7) is 14.1. The Morgan fingerprint density at radius 3 is 0.780 bits per heavy atom. The van der Waals surface area contributed by atoms with Crippen molar-refractivity contribution in [1.82, 2.24) is 0 Å². The summed E-state index contributed by atoms with van der Waals surface area (Å²) in [6, 6.07) is 0. The van der Waals surface area contributed by atoms with Crippen LogP contribution in [0.15, 0.2) is 0 Å². The highest BCUT2D eigenvalue weighted by atomic mass is 31.2. The van der Waals surface area contributed by atoms with Gasteiger partial charge in [-0.1, -0.05) is 306 Å². The second-order valence-corrected chi connectivity index (χ2v) is 30.3. The Balaban J connectivity index is 5.22. The Labute approximate surface area is 556 Å². The second-order valence-electron chi connectivity index (χ2n) is 27.4. The SMILES string of the molecule is CCC(C)CCCCCCCCCCCCC(=O)O[C@H](COC(=O)CCCCCCCCC(C)C)COP(=O)(O)OC[C@H](O)COP(=O)(O)OC[C@@H](COC(=O)CCCCCCCCC(C)CC)OC(=O)CCCCCCCCCCCCCCCCCC(C)C. The van der Waals surface area contributed by atoms with Crippen LogP contribution in [-0.4, -0.2) is 96.7 Å². The van der Waals surface area contributed by atoms with Crippen LogP contribution in [0.2, 0.25) is 0 Å². The molecule has 19 heteroatoms. The first-order chi connectivity index (χ1) is 43.7. The van der Waals surface area contributed by atoms with E-state index < -0.39 is 97.5 Å². The van der Waals surface area contributed by atoms with Crippen LogP contribution >= 0.6 is 15.6 Å². The molecule has 0 spiro atoms. The number of aliphatic hydroxyl groups is 1. The van der Waals surface area contributed by atoms with Gasteiger partial charge in [-0.2, -0.15) is 0 Å². The molecule has 7 atom stereocenters. The van der Waals surface area contributed by atoms with Gasteiger partial charge >= 0.3 is 39.5 Å². The molecule has 0 radical (unpaired) electrons. The molecule has 0 aliphatic rings. The van der Waals surface area contributed by atoms with Gasteiger partial charge in [0.1, 0.15) is 19.3 Å². The first kappa shape index (κ1) is 89.1. The van der Waals surface area contributed by atoms with Crippen molar-refractivity contribution in [2.75, 3.05) is 39.6 Å². The second kappa shape index (κ2) is 61.6. The van der Waals surface area contributed by atoms with Crippen LogP contribution in [0.3, 0.4) is 0 Å². The molecule has 0 fully saturated rings. The van der Waals surface area contributed by atoms with Crippen LogP contribution in [0, 0.1) is 23.7 Å². The zero-order chi connectivity index (χ0) is 67.5. The average Bonchev–Trinajstić information content (AvgIpc) is 3.69. The number of rotatable bonds is 69. The van der Waals surface area contributed by atoms with Gasteiger partial charge in [-0.3, -0.25) is 37.3 Å². The van der Waals surface area contributed by atoms with E-state index in [2.05, 4.69) is 55.4 Å². The molecule has 0 aromatic carbocycles. The van der Waals surface area contributed by atoms with Crippen LogP contribution in [0.1, 0.15) is 357 Å². The summed E-state index contributed by atoms with van der Waals surface area (Å²) in [5.41, 5.74) is 0. The summed E-state index contributed by atoms with van der Waals surface area (Å²) in [6.07, 6.45) is 44.6. The van der Waals surface area contributed by atoms with Gasteiger partial charge in [-0.25, -0.2) is 9.13 Å². The predicted molar refractivity (Wildman–Crippen MR) is 367 cm³/mol. The Kier molecular flexibility index (Phi) is 60.3. The molecule has 0 bridgehead atoms. The van der Waals surface area contributed by atoms with Crippen LogP contribution in [0.4, 0.5) is 0 Å². The first-order valence-corrected chi connectivity index (χ1v) is 40.3. The van der Waals surface area contributed by atoms with Gasteiger partial charge in [0, 0.05) is 25.7 Å². The number of hydrogen-bond acceptors (Lipinski definition) is 15. The number of esters is 4. The van der Waals surface area contributed by atoms with E-state index in [1.165, 1.54) is 148 Å². The van der Waals surface area contributed by atoms with Crippen molar-refractivity contribution in [3.8, 4) is 0 Å². The number of carbonyl (C=O) groups is 4. The van der Waals surface area contributed by atoms with Crippen LogP contribution in [-0.2, 0) is 65.4 Å². The van der Waals surface area contributed by atoms with Gasteiger partial charge in [0.2, 0.25) is 0 Å². The van der Waals surface area contributed by atoms with E-state index in [1.54, 1.807) is 0 Å². The van der Waals surface area contributed by atoms with Crippen LogP contribution < -0.4 is 0 Å². The molecule has 91 heavy (non-hydrogen) atoms. The monoisotopic (exact) mass is 1340 g/mol. The average molecular weight is 1340 g/mol. The van der Waals surface area contributed by atoms with E-state index in [9.17, 15) is 43.2 Å². The molecule has 0 rings (SSSR count). The maximum absolute atomic E-state index is 13.0. The van der Waals surface area contributed by atoms with Crippen molar-refractivity contribution >= 4 is 39.5 Å². The summed E-state index contributed by atoms with van der Waals surface area (Å²) in [5, 5.41) is 10.6. The van der Waals surface area contributed by atoms with E-state index in [-0.39, 0.29) is 25.7 Å². The van der Waals surface area contributed by atoms with E-state index in [0.29, 0.717) is 31.6 Å². The Bertz CT molecular complexity index is 1800. The number of carbonyl (C=O) groups excluding carboxylic acids is 4. The molecule has 17 nitrogen and oxygen atoms in total. The standard InChI is InChI=1S/C72H140O17P2/c1-9-64(7)50-42-34-25-21-18-19-23-27-39-47-55-72(77)88-67(58-82-69(74)52-44-36-30-28-33-41-49-63(5)6)60-86-90(78,79)84-56-66(73)57-85-91(80,81)87-61-68(59-83-70(75)53-45-37-31-29-35-43-51-65(8)10-2)89-71(76)54-46-38-26-22-17-15-13-11-12-14-16-20-24-32-40-48-62(3)4/h62-68,73H,9-61H2,1-8H3,(H,78,79)(H,80,81)/t64?,65?,66-,67+,68+/m0/s1. The van der Waals surface area contributed by atoms with Gasteiger partial charge in [-0.05, 0) is 49.4 Å². The predicted octanol–water partition coefficient (Wildman–Crippen LogP) is 20.5. The van der Waals surface area contributed by atoms with Gasteiger partial charge < -0.3 is 33.8 Å². The fourth-order valence-electron chi connectivity index (χ4n) is 10.8. The maximum Gasteiger partial charge on any atom is 0.472 e. The van der Waals surface area contributed by atoms with Crippen molar-refractivity contribution in [3.63, 3.8) is 0 Å². The molecule has 0 aliphatic carbocycles. The van der Waals surface area contributed by atoms with Crippen molar-refractivity contribution < 1.29 is 80.2 Å². The molecule has 0 aromatic rings. The third-order valence-electron chi connectivity index (χ3n) is 17.3. The smallest absolute Gasteiger partial charge is 0.462 e. The lowest BCUT2D eigenvalue weighted by atomic mass is 9.99. The maximum atomic E-state index is 13.0. The summed E-state index contributed by atoms with van der Waals surface area (Å²) in [4.78, 5) is 72.6. The minimum atomic E-state index is -4.95. The third-order valence-corrected chi connectivity index (χ3v) is 19.2. The lowest BCUT2D eigenvalue weighted by Gasteiger charge is -2.21. The molecule has 540 valence electrons. The van der Waals surface area contributed by atoms with Crippen molar-refractivity contribution in [3.05, 3.63) is 0 Å². The Morgan fingerprint density at radius 1 is 0.308 bits per heavy atom. The fourth-order valence-corrected chi connectivity index (χ4v) is 12.4. The number of phosphoric ester groups is 2. The number of ether oxygens (including phenoxy) is 4. The fraction of sp³-hybridized carbons (Fsp3) is 0.944. The number of phosphoric acid groups is 2. The lowest BCUT2D eigenvalue weighted by Crippen LogP contribution is -2.30. The minimum Gasteiger partial charge on any atom is -0.462 e. The largest absolute Gasteiger partial charge is 0.472 e. The van der Waals surface area contributed by atoms with Crippen molar-refractivity contribution in [2.24, 2.45) is 23.7 Å². The molecule has 0 heterocycles. The molecule has 0 aliphatic heterocycles. The van der Waals surface area contributed by atoms with Gasteiger partial charge in [0.25, 0.3) is 0 Å². The quantitative estimate of drug-likeness (QED) is 0.0222. The summed E-state index contributed by atoms with van der Waals surface area (Å²) in [5.74, 6) is 0.886. The molecule has 3 N–H and O–H groups in total. The Morgan fingerprint density at radius 2 is 0.527 bits per heavy atom. The van der Waals surface area contributed by atoms with E-state index in [4.69, 9.17) is 37.0 Å². The number of aliphatic hydroxyl groups excluding tert-OH is 1. The molecular formula is C72H140O17P2. The normalized spacial score (nSPS) is 14.8. The summed E-state index contributed by atoms with van der Waals surface area (Å²) < 4.78 is 68.3. The third kappa shape index (κ3) is 63.9. The summed E-state index contributed by atoms with van der Waals surface area (Å²) >= 11 is 0. The lowest BCUT2D eigenvalue weighted by molar-refractivity contribution is -0.161. The van der Waals surface area contributed by atoms with Crippen molar-refractivity contribution in [2.45, 2.75) is 375 Å². The first-order valence-electron chi connectivity index (χ1n) is 37.3. The zero-order valence-corrected chi connectivity index (χ0v) is 61.3. The van der Waals surface area contributed by atoms with E-state index >= 15 is 0 Å². The molecule has 0 saturated heterocycles. The topological polar surface area (TPSA) is 237 Å². The van der Waals surface area contributed by atoms with E-state index in [1.807, 2.05) is 0 Å². The highest BCUT2D eigenvalue weighted by Gasteiger charge is 2.30. The van der Waals surface area contributed by atoms with Crippen LogP contribution in [0.5, 0.6) is 0 Å². The molecule has 0 aromatic heterocycles. The molecular weight excluding hydrogens is 1200 g/mol. The highest BCUT2D eigenvalue weighted by molar-refractivity contribution is 7.47. The van der Waals surface area contributed by atoms with Gasteiger partial charge in [-0.15, -0.1) is 0 Å². The Hall–Kier alpha value is -1.94. The van der Waals surface area contributed by atoms with E-state index in [0.717, 1.165) is 120 Å². The van der Waals surface area contributed by atoms with Crippen LogP contribution in [0.25, 0.3) is 0 Å². The summed E-state index contributed by atoms with van der Waals surface area (Å²) in [7, 11) is -9.91. The molecule has 0 saturated carbocycles. The molecule has 4 unspecified atom stereocenters. The number of hydrogen-bond donors (Lipinski definition) is 3. The van der Waals surface area contributed by atoms with Crippen molar-refractivity contribution in [1.29, 1.82) is 0 Å². The number of unbranched alkanes of at least 4 members (excludes halogenated alkanes) is 33. The zero-order valence-electron chi connectivity index (χ0n) is 59.5. The minimum absolute atomic E-state index is 0.105. The van der Waals surface area contributed by atoms with Gasteiger partial charge in [0.05, 0.1) is 26.4 Å². The molecule has 0 amide bonds.